The normalized spacial score (nSPS) is 28.2. The topological polar surface area (TPSA) is 519 Å². The van der Waals surface area contributed by atoms with Crippen LogP contribution in [-0.2, 0) is 67.1 Å². The zero-order valence-electron chi connectivity index (χ0n) is 58.2. The van der Waals surface area contributed by atoms with Gasteiger partial charge in [0.25, 0.3) is 0 Å². The number of nitrogens with one attached hydrogen (secondary N) is 10. The number of carbonyl (C=O) groups is 14. The first-order chi connectivity index (χ1) is 44.6. The highest BCUT2D eigenvalue weighted by molar-refractivity contribution is 6.01. The Morgan fingerprint density at radius 3 is 1.52 bits per heavy atom. The number of aliphatic hydroxyl groups excluding tert-OH is 5. The van der Waals surface area contributed by atoms with Crippen molar-refractivity contribution in [2.24, 2.45) is 41.1 Å². The van der Waals surface area contributed by atoms with E-state index in [-0.39, 0.29) is 44.6 Å². The third-order valence-corrected chi connectivity index (χ3v) is 17.1. The van der Waals surface area contributed by atoms with Gasteiger partial charge in [-0.15, -0.1) is 0 Å². The van der Waals surface area contributed by atoms with E-state index in [0.29, 0.717) is 12.8 Å². The molecule has 0 aromatic rings. The van der Waals surface area contributed by atoms with Crippen LogP contribution < -0.4 is 64.6 Å². The fourth-order valence-corrected chi connectivity index (χ4v) is 11.1. The number of unbranched alkanes of at least 4 members (excludes halogenated alkanes) is 2. The van der Waals surface area contributed by atoms with Crippen molar-refractivity contribution in [1.29, 1.82) is 0 Å². The molecule has 14 amide bonds. The number of primary amides is 2. The predicted octanol–water partition coefficient (Wildman–Crippen LogP) is -4.69. The maximum atomic E-state index is 14.7. The zero-order valence-corrected chi connectivity index (χ0v) is 58.2. The van der Waals surface area contributed by atoms with Crippen molar-refractivity contribution in [3.05, 3.63) is 0 Å². The van der Waals surface area contributed by atoms with Crippen molar-refractivity contribution in [3.8, 4) is 0 Å². The molecule has 0 aromatic heterocycles. The van der Waals surface area contributed by atoms with Crippen LogP contribution in [0.15, 0.2) is 0 Å². The minimum Gasteiger partial charge on any atom is -0.391 e. The van der Waals surface area contributed by atoms with Gasteiger partial charge in [0.1, 0.15) is 66.5 Å². The van der Waals surface area contributed by atoms with Crippen LogP contribution in [0.5, 0.6) is 0 Å². The van der Waals surface area contributed by atoms with Gasteiger partial charge in [-0.3, -0.25) is 67.1 Å². The maximum Gasteiger partial charge on any atom is 0.248 e. The molecule has 1 unspecified atom stereocenters. The fourth-order valence-electron chi connectivity index (χ4n) is 11.1. The Bertz CT molecular complexity index is 2710. The number of hydrogen-bond acceptors (Lipinski definition) is 19. The van der Waals surface area contributed by atoms with Gasteiger partial charge in [-0.25, -0.2) is 0 Å². The molecule has 0 aliphatic carbocycles. The van der Waals surface area contributed by atoms with Gasteiger partial charge >= 0.3 is 0 Å². The quantitative estimate of drug-likeness (QED) is 0.0510. The summed E-state index contributed by atoms with van der Waals surface area (Å²) >= 11 is 0. The molecule has 2 aliphatic rings. The minimum atomic E-state index is -2.56. The van der Waals surface area contributed by atoms with Gasteiger partial charge in [-0.2, -0.15) is 0 Å². The summed E-state index contributed by atoms with van der Waals surface area (Å²) in [5.74, 6) is -18.7. The lowest BCUT2D eigenvalue weighted by atomic mass is 9.94. The van der Waals surface area contributed by atoms with E-state index >= 15 is 0 Å². The number of aliphatic hydroxyl groups is 5. The SMILES string of the molecule is CCCCC[C@@H]1CC(=O)N[C@@H](C(C)C)C(=O)N[C@H]([C@@H](O)C(C)C)C(=O)N[C@@H](C)C(=O)N[C@H]([C@@H](O)C(C)C)C(=O)N[C@H](CCC(N)=O)C(=O)N(C)[C@@H](C(C)CC)C(=O)N[C@H]([C@@H](O)C(N)=O)C(=O)N[C@@H]([C@@H](C)O)C(=O)N2CCC[C@H]2C(=O)N[C@H](CC(C)C)C(=O)N[C@@H]([C@@H](C)O)C(=O)N1. The summed E-state index contributed by atoms with van der Waals surface area (Å²) < 4.78 is 0. The smallest absolute Gasteiger partial charge is 0.248 e. The summed E-state index contributed by atoms with van der Waals surface area (Å²) in [4.78, 5) is 199. The van der Waals surface area contributed by atoms with E-state index in [0.717, 1.165) is 30.2 Å². The van der Waals surface area contributed by atoms with Crippen LogP contribution in [0.1, 0.15) is 168 Å². The van der Waals surface area contributed by atoms with E-state index in [1.54, 1.807) is 34.6 Å². The Kier molecular flexibility index (Phi) is 34.8. The van der Waals surface area contributed by atoms with Crippen LogP contribution in [0.4, 0.5) is 0 Å². The molecule has 2 rings (SSSR count). The second kappa shape index (κ2) is 39.6. The van der Waals surface area contributed by atoms with Crippen LogP contribution in [-0.4, -0.2) is 235 Å². The zero-order chi connectivity index (χ0) is 73.5. The van der Waals surface area contributed by atoms with Crippen LogP contribution in [0.3, 0.4) is 0 Å². The van der Waals surface area contributed by atoms with Crippen molar-refractivity contribution in [2.75, 3.05) is 13.6 Å². The van der Waals surface area contributed by atoms with Crippen LogP contribution in [0.2, 0.25) is 0 Å². The standard InChI is InChI=1S/C63H110N14O19/c1-16-18-19-21-36-27-41(81)70-42(29(5)6)56(89)74-45(49(82)30(7)8)58(91)66-33(12)53(86)73-46(50(83)31(9)10)59(92)68-37(23-24-40(64)80)62(95)76(15)48(32(11)17-2)61(94)75-47(51(84)52(65)85)60(93)72-44(35(14)79)63(96)77-25-20-22-39(77)55(88)69-38(26-28(3)4)54(87)71-43(34(13)78)57(90)67-36/h28-39,42-51,78-79,82-84H,16-27H2,1-15H3,(H2,64,80)(H2,65,85)(H,66,91)(H,67,90)(H,68,92)(H,69,88)(H,70,81)(H,71,87)(H,72,93)(H,73,86)(H,74,89)(H,75,94)/t32?,33-,34+,35+,36+,37+,38+,39-,42-,43-,44-,45+,46+,47+,48-,49-,50-,51+/m0/s1. The monoisotopic (exact) mass is 1370 g/mol. The van der Waals surface area contributed by atoms with Crippen molar-refractivity contribution >= 4 is 82.7 Å². The van der Waals surface area contributed by atoms with E-state index in [4.69, 9.17) is 11.5 Å². The minimum absolute atomic E-state index is 0.00696. The fraction of sp³-hybridized carbons (Fsp3) is 0.778. The Morgan fingerprint density at radius 1 is 0.531 bits per heavy atom. The highest BCUT2D eigenvalue weighted by Gasteiger charge is 2.46. The molecule has 33 heteroatoms. The number of nitrogens with two attached hydrogens (primary N) is 2. The summed E-state index contributed by atoms with van der Waals surface area (Å²) in [5, 5.41) is 80.8. The molecule has 0 spiro atoms. The van der Waals surface area contributed by atoms with Crippen molar-refractivity contribution in [3.63, 3.8) is 0 Å². The van der Waals surface area contributed by atoms with Crippen molar-refractivity contribution < 1.29 is 92.7 Å². The molecular weight excluding hydrogens is 1260 g/mol. The first-order valence-electron chi connectivity index (χ1n) is 33.2. The predicted molar refractivity (Wildman–Crippen MR) is 347 cm³/mol. The second-order valence-electron chi connectivity index (χ2n) is 26.9. The number of amides is 14. The highest BCUT2D eigenvalue weighted by Crippen LogP contribution is 2.23. The molecule has 0 radical (unpaired) electrons. The number of carbonyl (C=O) groups excluding carboxylic acids is 14. The Balaban J connectivity index is 2.97. The van der Waals surface area contributed by atoms with Gasteiger partial charge in [0.05, 0.1) is 24.4 Å². The molecule has 2 saturated heterocycles. The summed E-state index contributed by atoms with van der Waals surface area (Å²) in [6, 6.07) is -20.0. The summed E-state index contributed by atoms with van der Waals surface area (Å²) in [6.07, 6.45) is -8.53. The lowest BCUT2D eigenvalue weighted by Gasteiger charge is -2.36. The Labute approximate surface area is 561 Å². The van der Waals surface area contributed by atoms with Crippen LogP contribution in [0.25, 0.3) is 0 Å². The summed E-state index contributed by atoms with van der Waals surface area (Å²) in [5.41, 5.74) is 11.0. The number of nitrogens with zero attached hydrogens (tertiary/aromatic N) is 2. The van der Waals surface area contributed by atoms with Gasteiger partial charge < -0.3 is 100.0 Å². The van der Waals surface area contributed by atoms with Gasteiger partial charge in [0, 0.05) is 32.5 Å². The molecule has 0 bridgehead atoms. The Morgan fingerprint density at radius 2 is 1.02 bits per heavy atom. The van der Waals surface area contributed by atoms with Crippen LogP contribution in [0, 0.1) is 29.6 Å². The molecule has 2 aliphatic heterocycles. The molecule has 546 valence electrons. The molecule has 2 heterocycles. The van der Waals surface area contributed by atoms with Gasteiger partial charge in [0.2, 0.25) is 82.7 Å². The highest BCUT2D eigenvalue weighted by atomic mass is 16.3. The molecular formula is C63H110N14O19. The van der Waals surface area contributed by atoms with Gasteiger partial charge in [0.15, 0.2) is 6.10 Å². The number of fused-ring (bicyclic) bond motifs is 1. The summed E-state index contributed by atoms with van der Waals surface area (Å²) in [6.45, 7) is 21.0. The van der Waals surface area contributed by atoms with Gasteiger partial charge in [-0.1, -0.05) is 102 Å². The van der Waals surface area contributed by atoms with E-state index in [1.165, 1.54) is 48.5 Å². The molecule has 18 atom stereocenters. The number of likely N-dealkylation sites (N-methyl/N-ethyl adjacent to an activating group) is 1. The van der Waals surface area contributed by atoms with Crippen molar-refractivity contribution in [1.82, 2.24) is 63.0 Å². The largest absolute Gasteiger partial charge is 0.391 e. The Hall–Kier alpha value is -7.62. The number of rotatable bonds is 20. The third kappa shape index (κ3) is 25.1. The molecule has 33 nitrogen and oxygen atoms in total. The van der Waals surface area contributed by atoms with E-state index < -0.39 is 229 Å². The first kappa shape index (κ1) is 84.5. The van der Waals surface area contributed by atoms with E-state index in [1.807, 2.05) is 6.92 Å². The molecule has 96 heavy (non-hydrogen) atoms. The molecule has 0 saturated carbocycles. The molecule has 2 fully saturated rings. The summed E-state index contributed by atoms with van der Waals surface area (Å²) in [7, 11) is 1.11. The lowest BCUT2D eigenvalue weighted by molar-refractivity contribution is -0.148. The molecule has 0 aromatic carbocycles. The third-order valence-electron chi connectivity index (χ3n) is 17.1. The van der Waals surface area contributed by atoms with Crippen molar-refractivity contribution in [2.45, 2.75) is 271 Å². The van der Waals surface area contributed by atoms with E-state index in [2.05, 4.69) is 53.2 Å². The number of hydrogen-bond donors (Lipinski definition) is 17. The molecule has 19 N–H and O–H groups in total. The van der Waals surface area contributed by atoms with E-state index in [9.17, 15) is 92.7 Å². The maximum absolute atomic E-state index is 14.7. The van der Waals surface area contributed by atoms with Crippen LogP contribution >= 0.6 is 0 Å². The first-order valence-corrected chi connectivity index (χ1v) is 33.2. The lowest BCUT2D eigenvalue weighted by Crippen LogP contribution is -2.65. The second-order valence-corrected chi connectivity index (χ2v) is 26.9. The average Bonchev–Trinajstić information content (AvgIpc) is 1.22. The average molecular weight is 1370 g/mol. The van der Waals surface area contributed by atoms with Gasteiger partial charge in [-0.05, 0) is 82.5 Å².